The van der Waals surface area contributed by atoms with Gasteiger partial charge in [-0.1, -0.05) is 32.9 Å². The number of hydrogen-bond acceptors (Lipinski definition) is 3. The van der Waals surface area contributed by atoms with Gasteiger partial charge in [-0.3, -0.25) is 4.79 Å². The fourth-order valence-corrected chi connectivity index (χ4v) is 1.90. The molecule has 0 bridgehead atoms. The Hall–Kier alpha value is -1.55. The number of ether oxygens (including phenoxy) is 1. The van der Waals surface area contributed by atoms with Crippen LogP contribution in [0.2, 0.25) is 0 Å². The third-order valence-corrected chi connectivity index (χ3v) is 4.04. The van der Waals surface area contributed by atoms with Crippen LogP contribution >= 0.6 is 0 Å². The molecule has 1 rings (SSSR count). The van der Waals surface area contributed by atoms with E-state index in [0.29, 0.717) is 6.42 Å². The molecule has 2 N–H and O–H groups in total. The number of hydrogen-bond donors (Lipinski definition) is 2. The monoisotopic (exact) mass is 293 g/mol. The normalized spacial score (nSPS) is 15.4. The third kappa shape index (κ3) is 5.38. The summed E-state index contributed by atoms with van der Waals surface area (Å²) in [5, 5.41) is 12.9. The topological polar surface area (TPSA) is 58.6 Å². The summed E-state index contributed by atoms with van der Waals surface area (Å²) in [7, 11) is 1.63. The highest BCUT2D eigenvalue weighted by atomic mass is 16.5. The van der Waals surface area contributed by atoms with Crippen molar-refractivity contribution >= 4 is 5.91 Å². The van der Waals surface area contributed by atoms with Crippen molar-refractivity contribution in [1.29, 1.82) is 0 Å². The first-order valence-electron chi connectivity index (χ1n) is 7.39. The Kier molecular flexibility index (Phi) is 6.21. The summed E-state index contributed by atoms with van der Waals surface area (Å²) < 4.78 is 5.19. The van der Waals surface area contributed by atoms with Crippen LogP contribution in [-0.4, -0.2) is 30.3 Å². The van der Waals surface area contributed by atoms with Crippen molar-refractivity contribution in [3.63, 3.8) is 0 Å². The third-order valence-electron chi connectivity index (χ3n) is 4.04. The van der Waals surface area contributed by atoms with Crippen molar-refractivity contribution in [2.24, 2.45) is 5.92 Å². The van der Waals surface area contributed by atoms with Crippen LogP contribution in [0, 0.1) is 5.92 Å². The molecule has 0 fully saturated rings. The lowest BCUT2D eigenvalue weighted by atomic mass is 9.92. The number of rotatable bonds is 7. The molecule has 0 saturated heterocycles. The van der Waals surface area contributed by atoms with Crippen LogP contribution in [0.15, 0.2) is 24.3 Å². The van der Waals surface area contributed by atoms with Gasteiger partial charge in [-0.05, 0) is 36.5 Å². The van der Waals surface area contributed by atoms with Crippen LogP contribution < -0.4 is 10.1 Å². The average molecular weight is 293 g/mol. The molecule has 0 aliphatic rings. The molecule has 0 aliphatic carbocycles. The van der Waals surface area contributed by atoms with E-state index in [1.807, 2.05) is 45.0 Å². The summed E-state index contributed by atoms with van der Waals surface area (Å²) in [4.78, 5) is 12.0. The van der Waals surface area contributed by atoms with Crippen LogP contribution in [0.3, 0.4) is 0 Å². The summed E-state index contributed by atoms with van der Waals surface area (Å²) >= 11 is 0. The summed E-state index contributed by atoms with van der Waals surface area (Å²) in [6.45, 7) is 7.89. The average Bonchev–Trinajstić information content (AvgIpc) is 2.45. The van der Waals surface area contributed by atoms with Gasteiger partial charge in [-0.15, -0.1) is 0 Å². The number of aliphatic hydroxyl groups is 1. The largest absolute Gasteiger partial charge is 0.497 e. The number of methoxy groups -OCH3 is 1. The van der Waals surface area contributed by atoms with Gasteiger partial charge < -0.3 is 15.2 Å². The molecule has 0 unspecified atom stereocenters. The molecule has 1 aromatic carbocycles. The summed E-state index contributed by atoms with van der Waals surface area (Å²) in [6.07, 6.45) is 0.390. The first-order valence-corrected chi connectivity index (χ1v) is 7.39. The van der Waals surface area contributed by atoms with Crippen LogP contribution in [-0.2, 0) is 4.79 Å². The maximum absolute atomic E-state index is 12.0. The van der Waals surface area contributed by atoms with Crippen LogP contribution in [0.5, 0.6) is 5.75 Å². The van der Waals surface area contributed by atoms with Gasteiger partial charge in [0.15, 0.2) is 0 Å². The van der Waals surface area contributed by atoms with Gasteiger partial charge in [-0.2, -0.15) is 0 Å². The zero-order valence-electron chi connectivity index (χ0n) is 13.6. The second-order valence-corrected chi connectivity index (χ2v) is 6.17. The van der Waals surface area contributed by atoms with Crippen molar-refractivity contribution in [1.82, 2.24) is 5.32 Å². The van der Waals surface area contributed by atoms with Gasteiger partial charge in [0, 0.05) is 13.0 Å². The van der Waals surface area contributed by atoms with E-state index in [9.17, 15) is 9.90 Å². The van der Waals surface area contributed by atoms with Crippen molar-refractivity contribution in [2.45, 2.75) is 45.6 Å². The highest BCUT2D eigenvalue weighted by Crippen LogP contribution is 2.23. The van der Waals surface area contributed by atoms with Gasteiger partial charge in [0.2, 0.25) is 5.91 Å². The predicted molar refractivity (Wildman–Crippen MR) is 84.5 cm³/mol. The van der Waals surface area contributed by atoms with Gasteiger partial charge >= 0.3 is 0 Å². The zero-order valence-corrected chi connectivity index (χ0v) is 13.6. The Morgan fingerprint density at radius 2 is 2.05 bits per heavy atom. The second-order valence-electron chi connectivity index (χ2n) is 6.17. The number of benzene rings is 1. The maximum atomic E-state index is 12.0. The van der Waals surface area contributed by atoms with E-state index in [1.165, 1.54) is 0 Å². The minimum absolute atomic E-state index is 0.0498. The smallest absolute Gasteiger partial charge is 0.220 e. The van der Waals surface area contributed by atoms with Crippen molar-refractivity contribution < 1.29 is 14.6 Å². The van der Waals surface area contributed by atoms with E-state index >= 15 is 0 Å². The number of carbonyl (C=O) groups is 1. The number of carbonyl (C=O) groups excluding carboxylic acids is 1. The Balaban J connectivity index is 2.54. The Morgan fingerprint density at radius 3 is 2.62 bits per heavy atom. The van der Waals surface area contributed by atoms with E-state index in [0.717, 1.165) is 11.3 Å². The predicted octanol–water partition coefficient (Wildman–Crippen LogP) is 2.71. The molecular weight excluding hydrogens is 266 g/mol. The molecular formula is C17H27NO3. The lowest BCUT2D eigenvalue weighted by Gasteiger charge is -2.28. The summed E-state index contributed by atoms with van der Waals surface area (Å²) in [5.41, 5.74) is 0.189. The molecule has 0 heterocycles. The summed E-state index contributed by atoms with van der Waals surface area (Å²) in [5.74, 6) is 0.937. The summed E-state index contributed by atoms with van der Waals surface area (Å²) in [6, 6.07) is 7.75. The second kappa shape index (κ2) is 7.46. The first-order chi connectivity index (χ1) is 9.76. The van der Waals surface area contributed by atoms with Gasteiger partial charge in [0.25, 0.3) is 0 Å². The van der Waals surface area contributed by atoms with E-state index in [4.69, 9.17) is 4.74 Å². The molecule has 4 nitrogen and oxygen atoms in total. The lowest BCUT2D eigenvalue weighted by Crippen LogP contribution is -2.44. The van der Waals surface area contributed by atoms with Crippen LogP contribution in [0.4, 0.5) is 0 Å². The van der Waals surface area contributed by atoms with E-state index in [-0.39, 0.29) is 24.3 Å². The molecule has 21 heavy (non-hydrogen) atoms. The molecule has 0 aromatic heterocycles. The Morgan fingerprint density at radius 1 is 1.38 bits per heavy atom. The minimum Gasteiger partial charge on any atom is -0.497 e. The molecule has 0 radical (unpaired) electrons. The SMILES string of the molecule is COc1cccc([C@@H](C)CC(=O)NC[C@](C)(O)C(C)C)c1. The van der Waals surface area contributed by atoms with E-state index in [2.05, 4.69) is 5.32 Å². The lowest BCUT2D eigenvalue weighted by molar-refractivity contribution is -0.123. The Labute approximate surface area is 127 Å². The minimum atomic E-state index is -0.880. The standard InChI is InChI=1S/C17H27NO3/c1-12(2)17(4,20)11-18-16(19)9-13(3)14-7-6-8-15(10-14)21-5/h6-8,10,12-13,20H,9,11H2,1-5H3,(H,18,19)/t13-,17-/m0/s1. The number of nitrogens with one attached hydrogen (secondary N) is 1. The van der Waals surface area contributed by atoms with Crippen molar-refractivity contribution in [3.05, 3.63) is 29.8 Å². The van der Waals surface area contributed by atoms with Crippen LogP contribution in [0.25, 0.3) is 0 Å². The van der Waals surface area contributed by atoms with Gasteiger partial charge in [-0.25, -0.2) is 0 Å². The van der Waals surface area contributed by atoms with E-state index < -0.39 is 5.60 Å². The molecule has 4 heteroatoms. The number of amides is 1. The fourth-order valence-electron chi connectivity index (χ4n) is 1.90. The van der Waals surface area contributed by atoms with Crippen molar-refractivity contribution in [3.8, 4) is 5.75 Å². The van der Waals surface area contributed by atoms with Crippen molar-refractivity contribution in [2.75, 3.05) is 13.7 Å². The fraction of sp³-hybridized carbons (Fsp3) is 0.588. The van der Waals surface area contributed by atoms with E-state index in [1.54, 1.807) is 14.0 Å². The first kappa shape index (κ1) is 17.5. The van der Waals surface area contributed by atoms with Gasteiger partial charge in [0.05, 0.1) is 12.7 Å². The molecule has 1 amide bonds. The maximum Gasteiger partial charge on any atom is 0.220 e. The van der Waals surface area contributed by atoms with Crippen LogP contribution in [0.1, 0.15) is 45.6 Å². The molecule has 0 aliphatic heterocycles. The molecule has 1 aromatic rings. The molecule has 0 spiro atoms. The Bertz CT molecular complexity index is 469. The molecule has 2 atom stereocenters. The highest BCUT2D eigenvalue weighted by Gasteiger charge is 2.25. The zero-order chi connectivity index (χ0) is 16.0. The molecule has 118 valence electrons. The van der Waals surface area contributed by atoms with Gasteiger partial charge in [0.1, 0.15) is 5.75 Å². The molecule has 0 saturated carbocycles. The highest BCUT2D eigenvalue weighted by molar-refractivity contribution is 5.76. The quantitative estimate of drug-likeness (QED) is 0.812.